The largest absolute Gasteiger partial charge is 0.486 e. The number of pyridine rings is 1. The molecule has 1 fully saturated rings. The van der Waals surface area contributed by atoms with Crippen LogP contribution in [0.15, 0.2) is 75.8 Å². The maximum Gasteiger partial charge on any atom is 0.486 e. The molecule has 4 rings (SSSR count). The van der Waals surface area contributed by atoms with Crippen molar-refractivity contribution in [2.75, 3.05) is 11.7 Å². The maximum atomic E-state index is 13.6. The first-order valence-electron chi connectivity index (χ1n) is 10.6. The lowest BCUT2D eigenvalue weighted by Gasteiger charge is -2.23. The molecule has 0 saturated carbocycles. The standard InChI is InChI=1S/C21H22N7O6P/c1-14-12-28(21(30)24-20(14)29)19-11-17(25-27-22)18(33-19)13-32-35(31,26-15-5-3-2-4-6-15)34-16-7-9-23-10-8-16/h2-10,12,17-19H,11,13H2,1H3,(H,26,31)(H,24,29,30)/t17-,18+,19+,35?/m0/s1. The first kappa shape index (κ1) is 24.2. The van der Waals surface area contributed by atoms with Crippen LogP contribution in [0.2, 0.25) is 0 Å². The van der Waals surface area contributed by atoms with Crippen LogP contribution in [-0.2, 0) is 13.8 Å². The molecule has 14 heteroatoms. The highest BCUT2D eigenvalue weighted by atomic mass is 31.2. The lowest BCUT2D eigenvalue weighted by molar-refractivity contribution is -0.0234. The number of nitrogens with zero attached hydrogens (tertiary/aromatic N) is 5. The summed E-state index contributed by atoms with van der Waals surface area (Å²) in [6.07, 6.45) is 2.80. The number of para-hydroxylation sites is 1. The molecule has 1 aliphatic rings. The number of anilines is 1. The van der Waals surface area contributed by atoms with E-state index in [0.29, 0.717) is 11.3 Å². The van der Waals surface area contributed by atoms with Gasteiger partial charge in [0.2, 0.25) is 0 Å². The van der Waals surface area contributed by atoms with Crippen LogP contribution in [0, 0.1) is 6.92 Å². The van der Waals surface area contributed by atoms with E-state index in [1.165, 1.54) is 35.3 Å². The van der Waals surface area contributed by atoms with Gasteiger partial charge >= 0.3 is 13.4 Å². The van der Waals surface area contributed by atoms with Crippen LogP contribution in [0.3, 0.4) is 0 Å². The second-order valence-corrected chi connectivity index (χ2v) is 9.32. The molecule has 1 aromatic carbocycles. The van der Waals surface area contributed by atoms with Gasteiger partial charge in [-0.3, -0.25) is 28.9 Å². The Morgan fingerprint density at radius 2 is 2.03 bits per heavy atom. The van der Waals surface area contributed by atoms with Crippen LogP contribution in [0.5, 0.6) is 5.75 Å². The number of H-pyrrole nitrogens is 1. The average molecular weight is 499 g/mol. The van der Waals surface area contributed by atoms with Crippen molar-refractivity contribution in [3.8, 4) is 5.75 Å². The molecule has 182 valence electrons. The molecular formula is C21H22N7O6P. The first-order chi connectivity index (χ1) is 16.9. The number of rotatable bonds is 9. The molecule has 3 heterocycles. The van der Waals surface area contributed by atoms with E-state index in [1.807, 2.05) is 0 Å². The number of aromatic nitrogens is 3. The minimum atomic E-state index is -3.99. The van der Waals surface area contributed by atoms with Gasteiger partial charge < -0.3 is 9.26 Å². The van der Waals surface area contributed by atoms with Gasteiger partial charge in [-0.05, 0) is 36.7 Å². The smallest absolute Gasteiger partial charge is 0.409 e. The molecule has 0 amide bonds. The van der Waals surface area contributed by atoms with Gasteiger partial charge in [0.25, 0.3) is 5.56 Å². The zero-order valence-electron chi connectivity index (χ0n) is 18.6. The normalized spacial score (nSPS) is 21.0. The van der Waals surface area contributed by atoms with Crippen LogP contribution in [0.25, 0.3) is 10.4 Å². The number of nitrogens with one attached hydrogen (secondary N) is 2. The molecule has 3 aromatic rings. The summed E-state index contributed by atoms with van der Waals surface area (Å²) in [7, 11) is -3.99. The Kier molecular flexibility index (Phi) is 7.33. The molecule has 13 nitrogen and oxygen atoms in total. The van der Waals surface area contributed by atoms with Crippen molar-refractivity contribution < 1.29 is 18.3 Å². The Hall–Kier alpha value is -3.89. The van der Waals surface area contributed by atoms with E-state index >= 15 is 0 Å². The summed E-state index contributed by atoms with van der Waals surface area (Å²) >= 11 is 0. The molecular weight excluding hydrogens is 477 g/mol. The van der Waals surface area contributed by atoms with E-state index in [0.717, 1.165) is 0 Å². The number of aromatic amines is 1. The third-order valence-electron chi connectivity index (χ3n) is 5.18. The molecule has 1 saturated heterocycles. The maximum absolute atomic E-state index is 13.6. The van der Waals surface area contributed by atoms with E-state index < -0.39 is 37.4 Å². The molecule has 2 N–H and O–H groups in total. The van der Waals surface area contributed by atoms with Gasteiger partial charge in [0, 0.05) is 41.2 Å². The van der Waals surface area contributed by atoms with Crippen molar-refractivity contribution in [2.24, 2.45) is 5.11 Å². The topological polar surface area (TPSA) is 173 Å². The fraction of sp³-hybridized carbons (Fsp3) is 0.286. The Labute approximate surface area is 198 Å². The van der Waals surface area contributed by atoms with Crippen LogP contribution in [0.1, 0.15) is 18.2 Å². The summed E-state index contributed by atoms with van der Waals surface area (Å²) in [5.74, 6) is 0.263. The third-order valence-corrected chi connectivity index (χ3v) is 6.66. The van der Waals surface area contributed by atoms with Crippen molar-refractivity contribution in [2.45, 2.75) is 31.7 Å². The zero-order chi connectivity index (χ0) is 24.8. The van der Waals surface area contributed by atoms with Crippen molar-refractivity contribution >= 4 is 13.4 Å². The van der Waals surface area contributed by atoms with E-state index in [2.05, 4.69) is 25.1 Å². The van der Waals surface area contributed by atoms with Gasteiger partial charge in [0.1, 0.15) is 12.0 Å². The van der Waals surface area contributed by atoms with Crippen molar-refractivity contribution in [1.29, 1.82) is 0 Å². The molecule has 35 heavy (non-hydrogen) atoms. The summed E-state index contributed by atoms with van der Waals surface area (Å²) in [4.78, 5) is 33.0. The summed E-state index contributed by atoms with van der Waals surface area (Å²) in [5, 5.41) is 6.53. The van der Waals surface area contributed by atoms with E-state index in [9.17, 15) is 14.2 Å². The number of benzene rings is 1. The third kappa shape index (κ3) is 5.97. The molecule has 2 aromatic heterocycles. The van der Waals surface area contributed by atoms with Gasteiger partial charge in [0.15, 0.2) is 0 Å². The Bertz CT molecular complexity index is 1330. The number of hydrogen-bond donors (Lipinski definition) is 2. The van der Waals surface area contributed by atoms with Gasteiger partial charge in [-0.25, -0.2) is 9.36 Å². The van der Waals surface area contributed by atoms with Gasteiger partial charge in [-0.15, -0.1) is 0 Å². The minimum Gasteiger partial charge on any atom is -0.409 e. The van der Waals surface area contributed by atoms with Crippen LogP contribution >= 0.6 is 7.75 Å². The Balaban J connectivity index is 1.55. The molecule has 1 unspecified atom stereocenters. The molecule has 0 aliphatic carbocycles. The van der Waals surface area contributed by atoms with Gasteiger partial charge in [-0.1, -0.05) is 23.3 Å². The van der Waals surface area contributed by atoms with E-state index in [4.69, 9.17) is 19.3 Å². The number of aryl methyl sites for hydroxylation is 1. The lowest BCUT2D eigenvalue weighted by Crippen LogP contribution is -2.33. The van der Waals surface area contributed by atoms with Crippen molar-refractivity contribution in [3.63, 3.8) is 0 Å². The minimum absolute atomic E-state index is 0.144. The highest BCUT2D eigenvalue weighted by Crippen LogP contribution is 2.49. The quantitative estimate of drug-likeness (QED) is 0.195. The van der Waals surface area contributed by atoms with Crippen molar-refractivity contribution in [1.82, 2.24) is 14.5 Å². The SMILES string of the molecule is Cc1cn([C@H]2C[C@H](N=[N+]=[N-])[C@@H](COP(=O)(Nc3ccccc3)Oc3ccncc3)O2)c(=O)[nH]c1=O. The molecule has 0 bridgehead atoms. The lowest BCUT2D eigenvalue weighted by atomic mass is 10.1. The Morgan fingerprint density at radius 1 is 1.29 bits per heavy atom. The number of azide groups is 1. The van der Waals surface area contributed by atoms with Crippen LogP contribution in [-0.4, -0.2) is 33.3 Å². The van der Waals surface area contributed by atoms with Crippen LogP contribution in [0.4, 0.5) is 5.69 Å². The monoisotopic (exact) mass is 499 g/mol. The molecule has 0 spiro atoms. The molecule has 1 aliphatic heterocycles. The van der Waals surface area contributed by atoms with Crippen LogP contribution < -0.4 is 20.9 Å². The highest BCUT2D eigenvalue weighted by Gasteiger charge is 2.39. The summed E-state index contributed by atoms with van der Waals surface area (Å²) < 4.78 is 32.1. The highest BCUT2D eigenvalue weighted by molar-refractivity contribution is 7.55. The fourth-order valence-corrected chi connectivity index (χ4v) is 4.86. The van der Waals surface area contributed by atoms with Crippen molar-refractivity contribution in [3.05, 3.63) is 97.9 Å². The van der Waals surface area contributed by atoms with E-state index in [1.54, 1.807) is 37.3 Å². The predicted octanol–water partition coefficient (Wildman–Crippen LogP) is 3.52. The Morgan fingerprint density at radius 3 is 2.74 bits per heavy atom. The molecule has 0 radical (unpaired) electrons. The van der Waals surface area contributed by atoms with Gasteiger partial charge in [0.05, 0.1) is 18.8 Å². The predicted molar refractivity (Wildman–Crippen MR) is 126 cm³/mol. The summed E-state index contributed by atoms with van der Waals surface area (Å²) in [6.45, 7) is 1.27. The average Bonchev–Trinajstić information content (AvgIpc) is 3.24. The van der Waals surface area contributed by atoms with E-state index in [-0.39, 0.29) is 18.8 Å². The molecule has 4 atom stereocenters. The second kappa shape index (κ2) is 10.6. The number of hydrogen-bond acceptors (Lipinski definition) is 8. The summed E-state index contributed by atoms with van der Waals surface area (Å²) in [6, 6.07) is 11.0. The second-order valence-electron chi connectivity index (χ2n) is 7.66. The zero-order valence-corrected chi connectivity index (χ0v) is 19.4. The summed E-state index contributed by atoms with van der Waals surface area (Å²) in [5.41, 5.74) is 8.65. The first-order valence-corrected chi connectivity index (χ1v) is 12.1. The number of ether oxygens (including phenoxy) is 1. The fourth-order valence-electron chi connectivity index (χ4n) is 3.49. The van der Waals surface area contributed by atoms with Gasteiger partial charge in [-0.2, -0.15) is 0 Å².